The average Bonchev–Trinajstić information content (AvgIpc) is 2.61. The maximum atomic E-state index is 12.4. The lowest BCUT2D eigenvalue weighted by Crippen LogP contribution is -2.48. The van der Waals surface area contributed by atoms with E-state index < -0.39 is 0 Å². The number of hydrogen-bond donors (Lipinski definition) is 2. The number of piperidine rings is 1. The van der Waals surface area contributed by atoms with Gasteiger partial charge < -0.3 is 20.3 Å². The Labute approximate surface area is 145 Å². The van der Waals surface area contributed by atoms with Crippen LogP contribution in [0.4, 0.5) is 0 Å². The first-order valence-corrected chi connectivity index (χ1v) is 9.10. The summed E-state index contributed by atoms with van der Waals surface area (Å²) in [7, 11) is 0. The van der Waals surface area contributed by atoms with Crippen LogP contribution in [0.1, 0.15) is 37.6 Å². The van der Waals surface area contributed by atoms with Gasteiger partial charge in [-0.2, -0.15) is 0 Å². The Morgan fingerprint density at radius 3 is 2.62 bits per heavy atom. The second-order valence-electron chi connectivity index (χ2n) is 6.45. The highest BCUT2D eigenvalue weighted by Crippen LogP contribution is 2.14. The molecule has 134 valence electrons. The van der Waals surface area contributed by atoms with Crippen molar-refractivity contribution in [1.82, 2.24) is 15.5 Å². The molecule has 1 heterocycles. The molecule has 0 aromatic heterocycles. The monoisotopic (exact) mass is 333 g/mol. The summed E-state index contributed by atoms with van der Waals surface area (Å²) < 4.78 is 5.76. The quantitative estimate of drug-likeness (QED) is 0.765. The molecule has 0 spiro atoms. The Bertz CT molecular complexity index is 500. The van der Waals surface area contributed by atoms with Gasteiger partial charge in [0, 0.05) is 18.2 Å². The van der Waals surface area contributed by atoms with Crippen LogP contribution in [0.2, 0.25) is 0 Å². The van der Waals surface area contributed by atoms with Gasteiger partial charge in [-0.05, 0) is 62.8 Å². The Hall–Kier alpha value is -1.59. The van der Waals surface area contributed by atoms with E-state index in [-0.39, 0.29) is 11.9 Å². The van der Waals surface area contributed by atoms with Gasteiger partial charge in [-0.1, -0.05) is 20.8 Å². The van der Waals surface area contributed by atoms with Crippen molar-refractivity contribution in [3.8, 4) is 5.75 Å². The normalized spacial score (nSPS) is 20.8. The first-order chi connectivity index (χ1) is 11.6. The van der Waals surface area contributed by atoms with Gasteiger partial charge in [0.1, 0.15) is 12.4 Å². The molecule has 1 saturated heterocycles. The number of ether oxygens (including phenoxy) is 1. The number of benzene rings is 1. The molecule has 1 aromatic carbocycles. The molecule has 2 atom stereocenters. The van der Waals surface area contributed by atoms with Crippen molar-refractivity contribution in [2.45, 2.75) is 33.2 Å². The van der Waals surface area contributed by atoms with E-state index >= 15 is 0 Å². The molecule has 1 aliphatic rings. The Morgan fingerprint density at radius 2 is 2.00 bits per heavy atom. The molecule has 1 fully saturated rings. The fourth-order valence-corrected chi connectivity index (χ4v) is 3.02. The number of hydrogen-bond acceptors (Lipinski definition) is 4. The second kappa shape index (κ2) is 9.64. The molecular formula is C19H31N3O2. The predicted octanol–water partition coefficient (Wildman–Crippen LogP) is 2.13. The first kappa shape index (κ1) is 18.7. The number of amides is 1. The van der Waals surface area contributed by atoms with Crippen LogP contribution < -0.4 is 15.4 Å². The minimum Gasteiger partial charge on any atom is -0.492 e. The molecule has 1 aromatic rings. The molecule has 24 heavy (non-hydrogen) atoms. The van der Waals surface area contributed by atoms with Crippen LogP contribution in [0.5, 0.6) is 5.75 Å². The lowest BCUT2D eigenvalue weighted by molar-refractivity contribution is 0.0914. The molecule has 1 amide bonds. The van der Waals surface area contributed by atoms with Gasteiger partial charge in [-0.3, -0.25) is 4.79 Å². The molecule has 0 bridgehead atoms. The zero-order valence-corrected chi connectivity index (χ0v) is 15.2. The summed E-state index contributed by atoms with van der Waals surface area (Å²) >= 11 is 0. The largest absolute Gasteiger partial charge is 0.492 e. The van der Waals surface area contributed by atoms with Crippen LogP contribution in [0.3, 0.4) is 0 Å². The van der Waals surface area contributed by atoms with Crippen LogP contribution in [0, 0.1) is 5.92 Å². The minimum atomic E-state index is 0.00319. The lowest BCUT2D eigenvalue weighted by atomic mass is 9.95. The van der Waals surface area contributed by atoms with E-state index in [4.69, 9.17) is 4.74 Å². The zero-order chi connectivity index (χ0) is 17.4. The van der Waals surface area contributed by atoms with Crippen molar-refractivity contribution in [3.05, 3.63) is 29.8 Å². The van der Waals surface area contributed by atoms with Crippen molar-refractivity contribution >= 4 is 5.91 Å². The zero-order valence-electron chi connectivity index (χ0n) is 15.2. The highest BCUT2D eigenvalue weighted by molar-refractivity contribution is 5.94. The standard InChI is InChI=1S/C19H31N3O2/c1-4-22(5-2)12-13-24-17-8-6-16(7-9-17)19(23)21-18-10-11-20-14-15(18)3/h6-9,15,18,20H,4-5,10-14H2,1-3H3,(H,21,23). The minimum absolute atomic E-state index is 0.00319. The van der Waals surface area contributed by atoms with Gasteiger partial charge in [-0.15, -0.1) is 0 Å². The lowest BCUT2D eigenvalue weighted by Gasteiger charge is -2.30. The van der Waals surface area contributed by atoms with Gasteiger partial charge in [0.2, 0.25) is 0 Å². The van der Waals surface area contributed by atoms with Crippen molar-refractivity contribution in [2.24, 2.45) is 5.92 Å². The van der Waals surface area contributed by atoms with Crippen LogP contribution >= 0.6 is 0 Å². The van der Waals surface area contributed by atoms with E-state index in [1.807, 2.05) is 24.3 Å². The van der Waals surface area contributed by atoms with E-state index in [0.717, 1.165) is 44.9 Å². The molecule has 1 aliphatic heterocycles. The molecule has 2 rings (SSSR count). The first-order valence-electron chi connectivity index (χ1n) is 9.10. The summed E-state index contributed by atoms with van der Waals surface area (Å²) in [5.74, 6) is 1.28. The molecule has 5 nitrogen and oxygen atoms in total. The summed E-state index contributed by atoms with van der Waals surface area (Å²) in [5.41, 5.74) is 0.692. The van der Waals surface area contributed by atoms with Gasteiger partial charge in [-0.25, -0.2) is 0 Å². The van der Waals surface area contributed by atoms with Crippen LogP contribution in [0.25, 0.3) is 0 Å². The third kappa shape index (κ3) is 5.49. The summed E-state index contributed by atoms with van der Waals surface area (Å²) in [4.78, 5) is 14.7. The van der Waals surface area contributed by atoms with Gasteiger partial charge >= 0.3 is 0 Å². The average molecular weight is 333 g/mol. The number of carbonyl (C=O) groups excluding carboxylic acids is 1. The third-order valence-electron chi connectivity index (χ3n) is 4.79. The van der Waals surface area contributed by atoms with Crippen molar-refractivity contribution in [3.63, 3.8) is 0 Å². The number of likely N-dealkylation sites (N-methyl/N-ethyl adjacent to an activating group) is 1. The number of rotatable bonds is 8. The third-order valence-corrected chi connectivity index (χ3v) is 4.79. The Kier molecular flexibility index (Phi) is 7.53. The van der Waals surface area contributed by atoms with E-state index in [0.29, 0.717) is 18.1 Å². The molecule has 5 heteroatoms. The van der Waals surface area contributed by atoms with E-state index in [2.05, 4.69) is 36.3 Å². The highest BCUT2D eigenvalue weighted by Gasteiger charge is 2.22. The molecule has 0 aliphatic carbocycles. The molecule has 0 radical (unpaired) electrons. The van der Waals surface area contributed by atoms with E-state index in [1.165, 1.54) is 0 Å². The Morgan fingerprint density at radius 1 is 1.29 bits per heavy atom. The van der Waals surface area contributed by atoms with Crippen molar-refractivity contribution < 1.29 is 9.53 Å². The predicted molar refractivity (Wildman–Crippen MR) is 97.6 cm³/mol. The van der Waals surface area contributed by atoms with Crippen LogP contribution in [-0.4, -0.2) is 56.2 Å². The highest BCUT2D eigenvalue weighted by atomic mass is 16.5. The number of carbonyl (C=O) groups is 1. The van der Waals surface area contributed by atoms with E-state index in [9.17, 15) is 4.79 Å². The Balaban J connectivity index is 1.81. The molecular weight excluding hydrogens is 302 g/mol. The summed E-state index contributed by atoms with van der Waals surface area (Å²) in [6.07, 6.45) is 0.986. The molecule has 2 unspecified atom stereocenters. The van der Waals surface area contributed by atoms with Gasteiger partial charge in [0.05, 0.1) is 0 Å². The van der Waals surface area contributed by atoms with Crippen LogP contribution in [0.15, 0.2) is 24.3 Å². The fourth-order valence-electron chi connectivity index (χ4n) is 3.02. The second-order valence-corrected chi connectivity index (χ2v) is 6.45. The van der Waals surface area contributed by atoms with Gasteiger partial charge in [0.15, 0.2) is 0 Å². The summed E-state index contributed by atoms with van der Waals surface area (Å²) in [6.45, 7) is 12.1. The number of nitrogens with one attached hydrogen (secondary N) is 2. The fraction of sp³-hybridized carbons (Fsp3) is 0.632. The van der Waals surface area contributed by atoms with Crippen molar-refractivity contribution in [2.75, 3.05) is 39.3 Å². The SMILES string of the molecule is CCN(CC)CCOc1ccc(C(=O)NC2CCNCC2C)cc1. The van der Waals surface area contributed by atoms with Gasteiger partial charge in [0.25, 0.3) is 5.91 Å². The molecule has 2 N–H and O–H groups in total. The maximum absolute atomic E-state index is 12.4. The number of nitrogens with zero attached hydrogens (tertiary/aromatic N) is 1. The summed E-state index contributed by atoms with van der Waals surface area (Å²) in [6, 6.07) is 7.69. The smallest absolute Gasteiger partial charge is 0.251 e. The molecule has 0 saturated carbocycles. The van der Waals surface area contributed by atoms with E-state index in [1.54, 1.807) is 0 Å². The van der Waals surface area contributed by atoms with Crippen molar-refractivity contribution in [1.29, 1.82) is 0 Å². The topological polar surface area (TPSA) is 53.6 Å². The van der Waals surface area contributed by atoms with Crippen LogP contribution in [-0.2, 0) is 0 Å². The summed E-state index contributed by atoms with van der Waals surface area (Å²) in [5, 5.41) is 6.50. The maximum Gasteiger partial charge on any atom is 0.251 e.